The predicted octanol–water partition coefficient (Wildman–Crippen LogP) is 2.21. The Morgan fingerprint density at radius 1 is 1.48 bits per heavy atom. The third-order valence-corrected chi connectivity index (χ3v) is 6.54. The fraction of sp³-hybridized carbons (Fsp3) is 0.733. The Balaban J connectivity index is 1.95. The molecule has 2 heterocycles. The van der Waals surface area contributed by atoms with Gasteiger partial charge in [-0.1, -0.05) is 13.3 Å². The lowest BCUT2D eigenvalue weighted by Crippen LogP contribution is -2.51. The number of nitrogens with one attached hydrogen (secondary N) is 1. The lowest BCUT2D eigenvalue weighted by Gasteiger charge is -2.38. The maximum atomic E-state index is 12.3. The van der Waals surface area contributed by atoms with Gasteiger partial charge in [0.05, 0.1) is 18.1 Å². The molecule has 1 aliphatic heterocycles. The predicted molar refractivity (Wildman–Crippen MR) is 83.4 cm³/mol. The van der Waals surface area contributed by atoms with Gasteiger partial charge >= 0.3 is 0 Å². The van der Waals surface area contributed by atoms with Crippen LogP contribution in [0.2, 0.25) is 0 Å². The van der Waals surface area contributed by atoms with Crippen LogP contribution in [0.1, 0.15) is 39.4 Å². The van der Waals surface area contributed by atoms with Crippen LogP contribution in [0.15, 0.2) is 22.8 Å². The van der Waals surface area contributed by atoms with Crippen molar-refractivity contribution in [3.8, 4) is 0 Å². The second-order valence-electron chi connectivity index (χ2n) is 5.98. The number of hydrogen-bond donors (Lipinski definition) is 1. The highest BCUT2D eigenvalue weighted by Gasteiger charge is 2.35. The van der Waals surface area contributed by atoms with Gasteiger partial charge in [-0.2, -0.15) is 0 Å². The lowest BCUT2D eigenvalue weighted by molar-refractivity contribution is 0.197. The topological polar surface area (TPSA) is 62.6 Å². The maximum absolute atomic E-state index is 12.3. The Labute approximate surface area is 127 Å². The van der Waals surface area contributed by atoms with Crippen molar-refractivity contribution in [3.05, 3.63) is 24.2 Å². The smallest absolute Gasteiger partial charge is 0.216 e. The molecular formula is C15H26N2O3S. The van der Waals surface area contributed by atoms with Crippen molar-refractivity contribution >= 4 is 10.0 Å². The molecule has 0 amide bonds. The van der Waals surface area contributed by atoms with E-state index in [1.807, 2.05) is 12.1 Å². The monoisotopic (exact) mass is 314 g/mol. The second-order valence-corrected chi connectivity index (χ2v) is 8.46. The first-order chi connectivity index (χ1) is 9.95. The fourth-order valence-corrected chi connectivity index (χ4v) is 4.21. The molecule has 6 heteroatoms. The number of nitrogens with zero attached hydrogens (tertiary/aromatic N) is 1. The van der Waals surface area contributed by atoms with Gasteiger partial charge in [-0.3, -0.25) is 0 Å². The van der Waals surface area contributed by atoms with Crippen molar-refractivity contribution in [1.82, 2.24) is 9.62 Å². The van der Waals surface area contributed by atoms with Gasteiger partial charge in [0.1, 0.15) is 5.76 Å². The molecule has 0 unspecified atom stereocenters. The molecule has 0 aromatic carbocycles. The summed E-state index contributed by atoms with van der Waals surface area (Å²) in [6.45, 7) is 7.54. The quantitative estimate of drug-likeness (QED) is 0.874. The summed E-state index contributed by atoms with van der Waals surface area (Å²) < 4.78 is 31.6. The van der Waals surface area contributed by atoms with Crippen LogP contribution in [0.4, 0.5) is 0 Å². The molecule has 5 nitrogen and oxygen atoms in total. The van der Waals surface area contributed by atoms with Gasteiger partial charge in [0.15, 0.2) is 0 Å². The Morgan fingerprint density at radius 2 is 2.24 bits per heavy atom. The largest absolute Gasteiger partial charge is 0.468 e. The summed E-state index contributed by atoms with van der Waals surface area (Å²) in [6.07, 6.45) is 3.50. The van der Waals surface area contributed by atoms with Gasteiger partial charge in [0.2, 0.25) is 10.0 Å². The van der Waals surface area contributed by atoms with Gasteiger partial charge in [0.25, 0.3) is 0 Å². The summed E-state index contributed by atoms with van der Waals surface area (Å²) in [5.41, 5.74) is 0. The molecule has 2 rings (SSSR count). The van der Waals surface area contributed by atoms with E-state index < -0.39 is 10.0 Å². The summed E-state index contributed by atoms with van der Waals surface area (Å²) >= 11 is 0. The lowest BCUT2D eigenvalue weighted by atomic mass is 9.91. The minimum absolute atomic E-state index is 0.345. The van der Waals surface area contributed by atoms with E-state index in [0.29, 0.717) is 31.6 Å². The van der Waals surface area contributed by atoms with E-state index in [-0.39, 0.29) is 5.25 Å². The molecule has 0 spiro atoms. The molecule has 1 N–H and O–H groups in total. The van der Waals surface area contributed by atoms with Gasteiger partial charge in [-0.05, 0) is 38.3 Å². The molecule has 0 saturated carbocycles. The van der Waals surface area contributed by atoms with Crippen LogP contribution >= 0.6 is 0 Å². The highest BCUT2D eigenvalue weighted by Crippen LogP contribution is 2.24. The SMILES string of the molecule is CC[C@H]1CN(S(=O)(=O)C(C)C)CC[C@@H]1NCc1ccco1. The molecule has 0 bridgehead atoms. The van der Waals surface area contributed by atoms with Crippen LogP contribution in [0.5, 0.6) is 0 Å². The van der Waals surface area contributed by atoms with E-state index in [1.165, 1.54) is 0 Å². The average molecular weight is 314 g/mol. The first-order valence-electron chi connectivity index (χ1n) is 7.69. The van der Waals surface area contributed by atoms with Crippen molar-refractivity contribution < 1.29 is 12.8 Å². The first kappa shape index (κ1) is 16.5. The molecule has 1 aromatic rings. The van der Waals surface area contributed by atoms with Crippen molar-refractivity contribution in [2.24, 2.45) is 5.92 Å². The number of hydrogen-bond acceptors (Lipinski definition) is 4. The minimum atomic E-state index is -3.14. The van der Waals surface area contributed by atoms with Crippen LogP contribution in [0.25, 0.3) is 0 Å². The summed E-state index contributed by atoms with van der Waals surface area (Å²) in [5, 5.41) is 3.17. The van der Waals surface area contributed by atoms with Crippen LogP contribution in [-0.4, -0.2) is 37.1 Å². The van der Waals surface area contributed by atoms with E-state index >= 15 is 0 Å². The Kier molecular flexibility index (Phi) is 5.46. The maximum Gasteiger partial charge on any atom is 0.216 e. The van der Waals surface area contributed by atoms with Crippen molar-refractivity contribution in [1.29, 1.82) is 0 Å². The van der Waals surface area contributed by atoms with Gasteiger partial charge in [-0.15, -0.1) is 0 Å². The summed E-state index contributed by atoms with van der Waals surface area (Å²) in [6, 6.07) is 4.18. The van der Waals surface area contributed by atoms with E-state index in [9.17, 15) is 8.42 Å². The Morgan fingerprint density at radius 3 is 2.81 bits per heavy atom. The number of sulfonamides is 1. The Bertz CT molecular complexity index is 525. The van der Waals surface area contributed by atoms with Gasteiger partial charge in [0, 0.05) is 19.1 Å². The average Bonchev–Trinajstić information content (AvgIpc) is 2.97. The molecule has 120 valence electrons. The van der Waals surface area contributed by atoms with E-state index in [0.717, 1.165) is 18.6 Å². The zero-order valence-electron chi connectivity index (χ0n) is 13.1. The summed E-state index contributed by atoms with van der Waals surface area (Å²) in [4.78, 5) is 0. The molecular weight excluding hydrogens is 288 g/mol. The van der Waals surface area contributed by atoms with Crippen molar-refractivity contribution in [3.63, 3.8) is 0 Å². The highest BCUT2D eigenvalue weighted by molar-refractivity contribution is 7.89. The highest BCUT2D eigenvalue weighted by atomic mass is 32.2. The standard InChI is InChI=1S/C15H26N2O3S/c1-4-13-11-17(21(18,19)12(2)3)8-7-15(13)16-10-14-6-5-9-20-14/h5-6,9,12-13,15-16H,4,7-8,10-11H2,1-3H3/t13-,15-/m0/s1. The van der Waals surface area contributed by atoms with Crippen molar-refractivity contribution in [2.75, 3.05) is 13.1 Å². The van der Waals surface area contributed by atoms with Gasteiger partial charge < -0.3 is 9.73 Å². The molecule has 1 aliphatic rings. The number of piperidine rings is 1. The zero-order chi connectivity index (χ0) is 15.5. The van der Waals surface area contributed by atoms with E-state index in [2.05, 4.69) is 12.2 Å². The second kappa shape index (κ2) is 6.94. The van der Waals surface area contributed by atoms with Crippen LogP contribution in [0, 0.1) is 5.92 Å². The molecule has 1 fully saturated rings. The fourth-order valence-electron chi connectivity index (χ4n) is 2.86. The van der Waals surface area contributed by atoms with E-state index in [4.69, 9.17) is 4.42 Å². The van der Waals surface area contributed by atoms with Crippen LogP contribution in [0.3, 0.4) is 0 Å². The molecule has 1 saturated heterocycles. The molecule has 2 atom stereocenters. The van der Waals surface area contributed by atoms with E-state index in [1.54, 1.807) is 24.4 Å². The molecule has 0 aliphatic carbocycles. The molecule has 1 aromatic heterocycles. The summed E-state index contributed by atoms with van der Waals surface area (Å²) in [5.74, 6) is 1.27. The first-order valence-corrected chi connectivity index (χ1v) is 9.20. The Hall–Kier alpha value is -0.850. The number of furan rings is 1. The van der Waals surface area contributed by atoms with Crippen LogP contribution < -0.4 is 5.32 Å². The zero-order valence-corrected chi connectivity index (χ0v) is 13.9. The molecule has 21 heavy (non-hydrogen) atoms. The minimum Gasteiger partial charge on any atom is -0.468 e. The third-order valence-electron chi connectivity index (χ3n) is 4.30. The number of rotatable bonds is 6. The summed E-state index contributed by atoms with van der Waals surface area (Å²) in [7, 11) is -3.14. The molecule has 0 radical (unpaired) electrons. The van der Waals surface area contributed by atoms with Gasteiger partial charge in [-0.25, -0.2) is 12.7 Å². The van der Waals surface area contributed by atoms with Crippen LogP contribution in [-0.2, 0) is 16.6 Å². The van der Waals surface area contributed by atoms with Crippen molar-refractivity contribution in [2.45, 2.75) is 51.4 Å². The normalized spacial score (nSPS) is 24.6. The third kappa shape index (κ3) is 3.87.